The van der Waals surface area contributed by atoms with Crippen molar-refractivity contribution in [1.82, 2.24) is 4.90 Å². The Bertz CT molecular complexity index is 233. The molecule has 0 aromatic heterocycles. The van der Waals surface area contributed by atoms with E-state index in [9.17, 15) is 14.7 Å². The van der Waals surface area contributed by atoms with Gasteiger partial charge >= 0.3 is 0 Å². The summed E-state index contributed by atoms with van der Waals surface area (Å²) in [5.74, 6) is -0.212. The van der Waals surface area contributed by atoms with Crippen LogP contribution in [0.15, 0.2) is 0 Å². The monoisotopic (exact) mass is 233 g/mol. The van der Waals surface area contributed by atoms with Gasteiger partial charge in [-0.3, -0.25) is 14.5 Å². The summed E-state index contributed by atoms with van der Waals surface area (Å²) >= 11 is 4.05. The van der Waals surface area contributed by atoms with Gasteiger partial charge in [0.2, 0.25) is 11.8 Å². The minimum absolute atomic E-state index is 0.00576. The molecule has 0 heterocycles. The lowest BCUT2D eigenvalue weighted by molar-refractivity contribution is -0.146. The molecule has 0 radical (unpaired) electrons. The molecule has 0 aliphatic heterocycles. The number of carbonyl (C=O) groups is 2. The van der Waals surface area contributed by atoms with Crippen molar-refractivity contribution in [3.05, 3.63) is 0 Å². The van der Waals surface area contributed by atoms with Gasteiger partial charge in [-0.05, 0) is 13.3 Å². The lowest BCUT2D eigenvalue weighted by Crippen LogP contribution is -2.44. The van der Waals surface area contributed by atoms with Crippen LogP contribution < -0.4 is 0 Å². The normalized spacial score (nSPS) is 14.5. The number of hydrogen-bond donors (Lipinski definition) is 2. The molecule has 0 spiro atoms. The summed E-state index contributed by atoms with van der Waals surface area (Å²) in [6.07, 6.45) is -0.174. The van der Waals surface area contributed by atoms with Gasteiger partial charge in [-0.1, -0.05) is 6.92 Å². The van der Waals surface area contributed by atoms with E-state index in [1.165, 1.54) is 6.92 Å². The predicted molar refractivity (Wildman–Crippen MR) is 61.8 cm³/mol. The molecule has 1 N–H and O–H groups in total. The molecule has 0 bridgehead atoms. The summed E-state index contributed by atoms with van der Waals surface area (Å²) in [4.78, 5) is 24.1. The molecule has 0 aliphatic carbocycles. The Morgan fingerprint density at radius 1 is 1.47 bits per heavy atom. The van der Waals surface area contributed by atoms with Gasteiger partial charge in [0.05, 0.1) is 12.5 Å². The fraction of sp³-hybridized carbons (Fsp3) is 0.800. The molecular formula is C10H19NO3S. The topological polar surface area (TPSA) is 57.6 Å². The van der Waals surface area contributed by atoms with E-state index in [-0.39, 0.29) is 24.3 Å². The molecule has 15 heavy (non-hydrogen) atoms. The third-order valence-electron chi connectivity index (χ3n) is 2.19. The first-order chi connectivity index (χ1) is 6.93. The zero-order chi connectivity index (χ0) is 12.0. The molecule has 0 aromatic rings. The predicted octanol–water partition coefficient (Wildman–Crippen LogP) is 0.841. The molecule has 0 saturated carbocycles. The zero-order valence-corrected chi connectivity index (χ0v) is 10.3. The zero-order valence-electron chi connectivity index (χ0n) is 9.43. The summed E-state index contributed by atoms with van der Waals surface area (Å²) in [5, 5.41) is 9.34. The van der Waals surface area contributed by atoms with Gasteiger partial charge in [-0.2, -0.15) is 12.6 Å². The van der Waals surface area contributed by atoms with Crippen LogP contribution in [0.3, 0.4) is 0 Å². The van der Waals surface area contributed by atoms with Crippen LogP contribution in [0, 0.1) is 0 Å². The highest BCUT2D eigenvalue weighted by molar-refractivity contribution is 7.80. The fourth-order valence-corrected chi connectivity index (χ4v) is 1.42. The van der Waals surface area contributed by atoms with Crippen molar-refractivity contribution >= 4 is 24.4 Å². The van der Waals surface area contributed by atoms with Gasteiger partial charge in [0.15, 0.2) is 0 Å². The van der Waals surface area contributed by atoms with Crippen molar-refractivity contribution < 1.29 is 14.7 Å². The third-order valence-corrected chi connectivity index (χ3v) is 2.72. The number of aliphatic hydroxyl groups is 1. The smallest absolute Gasteiger partial charge is 0.232 e. The Morgan fingerprint density at radius 3 is 2.33 bits per heavy atom. The molecule has 0 aromatic carbocycles. The van der Waals surface area contributed by atoms with Crippen LogP contribution in [0.1, 0.15) is 33.6 Å². The van der Waals surface area contributed by atoms with E-state index >= 15 is 0 Å². The second kappa shape index (κ2) is 6.85. The van der Waals surface area contributed by atoms with Gasteiger partial charge in [0.25, 0.3) is 0 Å². The van der Waals surface area contributed by atoms with Crippen LogP contribution in [0.25, 0.3) is 0 Å². The lowest BCUT2D eigenvalue weighted by atomic mass is 10.1. The molecule has 0 unspecified atom stereocenters. The first kappa shape index (κ1) is 14.5. The van der Waals surface area contributed by atoms with Crippen LogP contribution in [-0.2, 0) is 9.59 Å². The SMILES string of the molecule is CC[C@@H](O)CC(=O)N(C(C)=O)[C@@H](C)CS. The Balaban J connectivity index is 4.50. The summed E-state index contributed by atoms with van der Waals surface area (Å²) in [6.45, 7) is 4.89. The quantitative estimate of drug-likeness (QED) is 0.692. The van der Waals surface area contributed by atoms with Crippen molar-refractivity contribution in [2.45, 2.75) is 45.8 Å². The Labute approximate surface area is 96.1 Å². The maximum Gasteiger partial charge on any atom is 0.232 e. The van der Waals surface area contributed by atoms with E-state index in [2.05, 4.69) is 12.6 Å². The maximum absolute atomic E-state index is 11.7. The van der Waals surface area contributed by atoms with E-state index < -0.39 is 6.10 Å². The van der Waals surface area contributed by atoms with Gasteiger partial charge in [0, 0.05) is 18.7 Å². The molecule has 2 atom stereocenters. The minimum atomic E-state index is -0.675. The fourth-order valence-electron chi connectivity index (χ4n) is 1.26. The summed E-state index contributed by atoms with van der Waals surface area (Å²) in [7, 11) is 0. The second-order valence-corrected chi connectivity index (χ2v) is 3.95. The van der Waals surface area contributed by atoms with Crippen LogP contribution >= 0.6 is 12.6 Å². The number of imide groups is 1. The number of carbonyl (C=O) groups excluding carboxylic acids is 2. The van der Waals surface area contributed by atoms with E-state index in [1.807, 2.05) is 0 Å². The Morgan fingerprint density at radius 2 is 2.00 bits per heavy atom. The highest BCUT2D eigenvalue weighted by atomic mass is 32.1. The number of aliphatic hydroxyl groups excluding tert-OH is 1. The molecule has 2 amide bonds. The largest absolute Gasteiger partial charge is 0.393 e. The van der Waals surface area contributed by atoms with Crippen molar-refractivity contribution in [1.29, 1.82) is 0 Å². The van der Waals surface area contributed by atoms with Crippen LogP contribution in [0.4, 0.5) is 0 Å². The number of rotatable bonds is 5. The second-order valence-electron chi connectivity index (χ2n) is 3.58. The van der Waals surface area contributed by atoms with Crippen LogP contribution in [0.5, 0.6) is 0 Å². The number of nitrogens with zero attached hydrogens (tertiary/aromatic N) is 1. The molecular weight excluding hydrogens is 214 g/mol. The number of thiol groups is 1. The molecule has 0 aliphatic rings. The Kier molecular flexibility index (Phi) is 6.60. The van der Waals surface area contributed by atoms with Crippen molar-refractivity contribution in [2.75, 3.05) is 5.75 Å². The van der Waals surface area contributed by atoms with E-state index in [1.54, 1.807) is 13.8 Å². The molecule has 5 heteroatoms. The summed E-state index contributed by atoms with van der Waals surface area (Å²) in [6, 6.07) is -0.234. The minimum Gasteiger partial charge on any atom is -0.393 e. The van der Waals surface area contributed by atoms with Crippen molar-refractivity contribution in [2.24, 2.45) is 0 Å². The molecule has 4 nitrogen and oxygen atoms in total. The van der Waals surface area contributed by atoms with Crippen LogP contribution in [0.2, 0.25) is 0 Å². The molecule has 0 saturated heterocycles. The van der Waals surface area contributed by atoms with Crippen LogP contribution in [-0.4, -0.2) is 39.7 Å². The highest BCUT2D eigenvalue weighted by Gasteiger charge is 2.24. The molecule has 88 valence electrons. The van der Waals surface area contributed by atoms with Gasteiger partial charge in [-0.25, -0.2) is 0 Å². The first-order valence-electron chi connectivity index (χ1n) is 5.05. The van der Waals surface area contributed by atoms with E-state index in [0.29, 0.717) is 12.2 Å². The average molecular weight is 233 g/mol. The number of amides is 2. The van der Waals surface area contributed by atoms with Crippen molar-refractivity contribution in [3.8, 4) is 0 Å². The third kappa shape index (κ3) is 4.66. The Hall–Kier alpha value is -0.550. The van der Waals surface area contributed by atoms with E-state index in [0.717, 1.165) is 4.90 Å². The molecule has 0 fully saturated rings. The van der Waals surface area contributed by atoms with Gasteiger partial charge < -0.3 is 5.11 Å². The number of hydrogen-bond acceptors (Lipinski definition) is 4. The van der Waals surface area contributed by atoms with Gasteiger partial charge in [0.1, 0.15) is 0 Å². The highest BCUT2D eigenvalue weighted by Crippen LogP contribution is 2.08. The van der Waals surface area contributed by atoms with Crippen molar-refractivity contribution in [3.63, 3.8) is 0 Å². The molecule has 0 rings (SSSR count). The summed E-state index contributed by atoms with van der Waals surface area (Å²) in [5.41, 5.74) is 0. The first-order valence-corrected chi connectivity index (χ1v) is 5.68. The summed E-state index contributed by atoms with van der Waals surface area (Å²) < 4.78 is 0. The maximum atomic E-state index is 11.7. The lowest BCUT2D eigenvalue weighted by Gasteiger charge is -2.25. The van der Waals surface area contributed by atoms with E-state index in [4.69, 9.17) is 0 Å². The standard InChI is InChI=1S/C10H19NO3S/c1-4-9(13)5-10(14)11(8(3)12)7(2)6-15/h7,9,13,15H,4-6H2,1-3H3/t7-,9+/m0/s1. The van der Waals surface area contributed by atoms with Gasteiger partial charge in [-0.15, -0.1) is 0 Å². The average Bonchev–Trinajstić information content (AvgIpc) is 2.16.